The number of hydrogen-bond acceptors (Lipinski definition) is 3. The molecule has 3 rings (SSSR count). The lowest BCUT2D eigenvalue weighted by Gasteiger charge is -2.00. The molecule has 0 saturated heterocycles. The number of fused-ring (bicyclic) bond motifs is 1. The van der Waals surface area contributed by atoms with E-state index in [0.29, 0.717) is 9.79 Å². The highest BCUT2D eigenvalue weighted by Crippen LogP contribution is 2.27. The number of rotatable bonds is 1. The molecule has 0 unspecified atom stereocenters. The van der Waals surface area contributed by atoms with E-state index in [1.165, 1.54) is 30.4 Å². The van der Waals surface area contributed by atoms with Gasteiger partial charge in [-0.1, -0.05) is 6.07 Å². The third kappa shape index (κ3) is 1.67. The normalized spacial score (nSPS) is 14.2. The summed E-state index contributed by atoms with van der Waals surface area (Å²) >= 11 is 2.02. The molecule has 1 aromatic carbocycles. The molecule has 1 aliphatic carbocycles. The summed E-state index contributed by atoms with van der Waals surface area (Å²) < 4.78 is 5.98. The fourth-order valence-electron chi connectivity index (χ4n) is 2.03. The van der Waals surface area contributed by atoms with Gasteiger partial charge in [0.05, 0.1) is 0 Å². The van der Waals surface area contributed by atoms with Gasteiger partial charge in [-0.2, -0.15) is 0 Å². The first kappa shape index (κ1) is 9.33. The van der Waals surface area contributed by atoms with E-state index in [4.69, 9.17) is 4.42 Å². The van der Waals surface area contributed by atoms with Crippen molar-refractivity contribution in [2.45, 2.75) is 19.3 Å². The predicted molar refractivity (Wildman–Crippen MR) is 64.5 cm³/mol. The molecule has 0 atom stereocenters. The summed E-state index contributed by atoms with van der Waals surface area (Å²) in [6.45, 7) is 0. The van der Waals surface area contributed by atoms with Crippen molar-refractivity contribution in [1.29, 1.82) is 0 Å². The molecular formula is C11H9IN2O. The van der Waals surface area contributed by atoms with Crippen LogP contribution < -0.4 is 0 Å². The molecule has 76 valence electrons. The topological polar surface area (TPSA) is 38.9 Å². The van der Waals surface area contributed by atoms with E-state index in [-0.39, 0.29) is 0 Å². The monoisotopic (exact) mass is 312 g/mol. The maximum atomic E-state index is 5.39. The second-order valence-electron chi connectivity index (χ2n) is 3.70. The molecule has 0 saturated carbocycles. The first-order chi connectivity index (χ1) is 7.33. The van der Waals surface area contributed by atoms with E-state index in [2.05, 4.69) is 28.4 Å². The van der Waals surface area contributed by atoms with E-state index in [1.807, 2.05) is 22.6 Å². The average Bonchev–Trinajstić information content (AvgIpc) is 2.84. The number of halogens is 1. The number of hydrogen-bond donors (Lipinski definition) is 0. The highest BCUT2D eigenvalue weighted by molar-refractivity contribution is 14.1. The van der Waals surface area contributed by atoms with Gasteiger partial charge in [-0.15, -0.1) is 10.2 Å². The maximum Gasteiger partial charge on any atom is 0.278 e. The molecule has 0 radical (unpaired) electrons. The van der Waals surface area contributed by atoms with Crippen LogP contribution in [0, 0.1) is 3.90 Å². The van der Waals surface area contributed by atoms with Crippen LogP contribution in [0.5, 0.6) is 0 Å². The molecule has 4 heteroatoms. The first-order valence-electron chi connectivity index (χ1n) is 4.94. The van der Waals surface area contributed by atoms with Gasteiger partial charge in [-0.25, -0.2) is 0 Å². The molecule has 3 nitrogen and oxygen atoms in total. The van der Waals surface area contributed by atoms with Crippen LogP contribution in [-0.2, 0) is 12.8 Å². The minimum absolute atomic E-state index is 0.586. The minimum Gasteiger partial charge on any atom is -0.412 e. The number of aromatic nitrogens is 2. The standard InChI is InChI=1S/C11H9IN2O/c12-11-14-13-10(15-11)9-5-4-7-2-1-3-8(7)6-9/h4-6H,1-3H2. The Morgan fingerprint density at radius 2 is 2.00 bits per heavy atom. The summed E-state index contributed by atoms with van der Waals surface area (Å²) in [5, 5.41) is 7.84. The summed E-state index contributed by atoms with van der Waals surface area (Å²) in [4.78, 5) is 0. The van der Waals surface area contributed by atoms with Crippen LogP contribution in [0.1, 0.15) is 17.5 Å². The Balaban J connectivity index is 2.06. The van der Waals surface area contributed by atoms with Crippen LogP contribution in [0.2, 0.25) is 0 Å². The highest BCUT2D eigenvalue weighted by Gasteiger charge is 2.13. The minimum atomic E-state index is 0.586. The van der Waals surface area contributed by atoms with Crippen LogP contribution in [-0.4, -0.2) is 10.2 Å². The Morgan fingerprint density at radius 1 is 1.13 bits per heavy atom. The smallest absolute Gasteiger partial charge is 0.278 e. The van der Waals surface area contributed by atoms with E-state index >= 15 is 0 Å². The van der Waals surface area contributed by atoms with Gasteiger partial charge in [0.2, 0.25) is 5.89 Å². The van der Waals surface area contributed by atoms with E-state index in [1.54, 1.807) is 0 Å². The molecule has 2 aromatic rings. The van der Waals surface area contributed by atoms with Gasteiger partial charge in [-0.3, -0.25) is 0 Å². The average molecular weight is 312 g/mol. The molecular weight excluding hydrogens is 303 g/mol. The van der Waals surface area contributed by atoms with Crippen molar-refractivity contribution >= 4 is 22.6 Å². The van der Waals surface area contributed by atoms with Crippen LogP contribution in [0.3, 0.4) is 0 Å². The SMILES string of the molecule is Ic1nnc(-c2ccc3c(c2)CCC3)o1. The quantitative estimate of drug-likeness (QED) is 0.760. The molecule has 0 N–H and O–H groups in total. The van der Waals surface area contributed by atoms with Crippen LogP contribution in [0.25, 0.3) is 11.5 Å². The molecule has 0 aliphatic heterocycles. The maximum absolute atomic E-state index is 5.39. The lowest BCUT2D eigenvalue weighted by atomic mass is 10.1. The van der Waals surface area contributed by atoms with Gasteiger partial charge in [0, 0.05) is 28.2 Å². The summed E-state index contributed by atoms with van der Waals surface area (Å²) in [7, 11) is 0. The third-order valence-corrected chi connectivity index (χ3v) is 3.18. The van der Waals surface area contributed by atoms with Crippen LogP contribution in [0.4, 0.5) is 0 Å². The van der Waals surface area contributed by atoms with E-state index in [9.17, 15) is 0 Å². The summed E-state index contributed by atoms with van der Waals surface area (Å²) in [5.41, 5.74) is 3.93. The number of benzene rings is 1. The molecule has 0 spiro atoms. The molecule has 1 aromatic heterocycles. The van der Waals surface area contributed by atoms with E-state index < -0.39 is 0 Å². The fourth-order valence-corrected chi connectivity index (χ4v) is 2.34. The lowest BCUT2D eigenvalue weighted by Crippen LogP contribution is -1.84. The van der Waals surface area contributed by atoms with Crippen molar-refractivity contribution in [2.24, 2.45) is 0 Å². The van der Waals surface area contributed by atoms with E-state index in [0.717, 1.165) is 5.56 Å². The molecule has 0 bridgehead atoms. The molecule has 15 heavy (non-hydrogen) atoms. The fraction of sp³-hybridized carbons (Fsp3) is 0.273. The highest BCUT2D eigenvalue weighted by atomic mass is 127. The van der Waals surface area contributed by atoms with Gasteiger partial charge in [0.25, 0.3) is 3.90 Å². The van der Waals surface area contributed by atoms with Gasteiger partial charge in [-0.05, 0) is 42.5 Å². The Labute approximate surface area is 101 Å². The van der Waals surface area contributed by atoms with Gasteiger partial charge in [0.1, 0.15) is 0 Å². The summed E-state index contributed by atoms with van der Waals surface area (Å²) in [5.74, 6) is 0.620. The molecule has 0 amide bonds. The molecule has 1 aliphatic rings. The molecule has 0 fully saturated rings. The van der Waals surface area contributed by atoms with Crippen molar-refractivity contribution in [3.63, 3.8) is 0 Å². The zero-order valence-electron chi connectivity index (χ0n) is 8.03. The van der Waals surface area contributed by atoms with Gasteiger partial charge >= 0.3 is 0 Å². The summed E-state index contributed by atoms with van der Waals surface area (Å²) in [6, 6.07) is 6.41. The zero-order valence-corrected chi connectivity index (χ0v) is 10.2. The van der Waals surface area contributed by atoms with Crippen LogP contribution in [0.15, 0.2) is 22.6 Å². The predicted octanol–water partition coefficient (Wildman–Crippen LogP) is 2.83. The van der Waals surface area contributed by atoms with Crippen LogP contribution >= 0.6 is 22.6 Å². The van der Waals surface area contributed by atoms with Crippen molar-refractivity contribution in [1.82, 2.24) is 10.2 Å². The molecule has 1 heterocycles. The van der Waals surface area contributed by atoms with Crippen molar-refractivity contribution in [3.05, 3.63) is 33.2 Å². The third-order valence-electron chi connectivity index (χ3n) is 2.75. The largest absolute Gasteiger partial charge is 0.412 e. The number of nitrogens with zero attached hydrogens (tertiary/aromatic N) is 2. The summed E-state index contributed by atoms with van der Waals surface area (Å²) in [6.07, 6.45) is 3.64. The second-order valence-corrected chi connectivity index (χ2v) is 4.62. The second kappa shape index (κ2) is 3.59. The number of aryl methyl sites for hydroxylation is 2. The Bertz CT molecular complexity index is 507. The van der Waals surface area contributed by atoms with Crippen molar-refractivity contribution in [3.8, 4) is 11.5 Å². The Hall–Kier alpha value is -0.910. The Morgan fingerprint density at radius 3 is 2.80 bits per heavy atom. The lowest BCUT2D eigenvalue weighted by molar-refractivity contribution is 0.537. The van der Waals surface area contributed by atoms with Gasteiger partial charge < -0.3 is 4.42 Å². The van der Waals surface area contributed by atoms with Gasteiger partial charge in [0.15, 0.2) is 0 Å². The zero-order chi connectivity index (χ0) is 10.3. The Kier molecular flexibility index (Phi) is 2.23. The van der Waals surface area contributed by atoms with Crippen molar-refractivity contribution in [2.75, 3.05) is 0 Å². The van der Waals surface area contributed by atoms with Crippen molar-refractivity contribution < 1.29 is 4.42 Å². The first-order valence-corrected chi connectivity index (χ1v) is 6.02.